The molecule has 0 aliphatic rings. The van der Waals surface area contributed by atoms with Gasteiger partial charge in [0, 0.05) is 6.20 Å². The van der Waals surface area contributed by atoms with E-state index in [0.717, 1.165) is 17.0 Å². The van der Waals surface area contributed by atoms with Crippen LogP contribution in [0, 0.1) is 10.1 Å². The van der Waals surface area contributed by atoms with E-state index in [-0.39, 0.29) is 5.02 Å². The Labute approximate surface area is 87.7 Å². The number of carboxylic acid groups (broad SMARTS) is 1. The second-order valence-electron chi connectivity index (χ2n) is 2.64. The number of pyridine rings is 1. The Morgan fingerprint density at radius 3 is 2.67 bits per heavy atom. The fraction of sp³-hybridized carbons (Fsp3) is 0.143. The van der Waals surface area contributed by atoms with Crippen molar-refractivity contribution in [3.63, 3.8) is 0 Å². The molecule has 80 valence electrons. The normalized spacial score (nSPS) is 9.93. The van der Waals surface area contributed by atoms with Gasteiger partial charge in [0.05, 0.1) is 11.1 Å². The van der Waals surface area contributed by atoms with Gasteiger partial charge in [0.1, 0.15) is 11.6 Å². The molecule has 0 radical (unpaired) electrons. The first-order valence-electron chi connectivity index (χ1n) is 3.67. The largest absolute Gasteiger partial charge is 0.480 e. The van der Waals surface area contributed by atoms with Crippen molar-refractivity contribution < 1.29 is 14.8 Å². The van der Waals surface area contributed by atoms with Crippen molar-refractivity contribution in [1.29, 1.82) is 0 Å². The number of carboxylic acids is 1. The zero-order chi connectivity index (χ0) is 11.6. The summed E-state index contributed by atoms with van der Waals surface area (Å²) in [4.78, 5) is 30.9. The summed E-state index contributed by atoms with van der Waals surface area (Å²) in [5.41, 5.74) is -1.67. The van der Waals surface area contributed by atoms with Gasteiger partial charge in [0.2, 0.25) is 0 Å². The average molecular weight is 233 g/mol. The molecular weight excluding hydrogens is 228 g/mol. The molecule has 8 heteroatoms. The summed E-state index contributed by atoms with van der Waals surface area (Å²) in [6.45, 7) is -0.499. The second kappa shape index (κ2) is 4.09. The van der Waals surface area contributed by atoms with Crippen LogP contribution in [-0.2, 0) is 11.3 Å². The molecule has 1 aromatic rings. The topological polar surface area (TPSA) is 102 Å². The number of aromatic nitrogens is 1. The maximum absolute atomic E-state index is 11.1. The van der Waals surface area contributed by atoms with Crippen molar-refractivity contribution in [3.05, 3.63) is 37.8 Å². The molecule has 0 atom stereocenters. The summed E-state index contributed by atoms with van der Waals surface area (Å²) in [6.07, 6.45) is 1.87. The highest BCUT2D eigenvalue weighted by Crippen LogP contribution is 2.09. The number of aliphatic carboxylic acids is 1. The molecule has 7 nitrogen and oxygen atoms in total. The second-order valence-corrected chi connectivity index (χ2v) is 3.05. The third kappa shape index (κ3) is 2.53. The predicted octanol–water partition coefficient (Wildman–Crippen LogP) is 0.494. The number of nitro groups is 1. The van der Waals surface area contributed by atoms with Crippen molar-refractivity contribution >= 4 is 23.3 Å². The average Bonchev–Trinajstić information content (AvgIpc) is 2.09. The van der Waals surface area contributed by atoms with Gasteiger partial charge in [-0.1, -0.05) is 11.6 Å². The number of carbonyl (C=O) groups is 1. The molecule has 0 fully saturated rings. The monoisotopic (exact) mass is 232 g/mol. The smallest absolute Gasteiger partial charge is 0.333 e. The quantitative estimate of drug-likeness (QED) is 0.604. The highest BCUT2D eigenvalue weighted by Gasteiger charge is 2.16. The molecule has 0 spiro atoms. The molecule has 0 saturated heterocycles. The van der Waals surface area contributed by atoms with Crippen LogP contribution in [0.3, 0.4) is 0 Å². The molecule has 1 aromatic heterocycles. The summed E-state index contributed by atoms with van der Waals surface area (Å²) in [7, 11) is 0. The molecule has 0 saturated carbocycles. The molecule has 0 aliphatic carbocycles. The van der Waals surface area contributed by atoms with Crippen LogP contribution in [0.4, 0.5) is 5.69 Å². The molecule has 0 aromatic carbocycles. The Balaban J connectivity index is 3.29. The van der Waals surface area contributed by atoms with Crippen molar-refractivity contribution in [2.24, 2.45) is 0 Å². The van der Waals surface area contributed by atoms with Gasteiger partial charge >= 0.3 is 11.7 Å². The Hall–Kier alpha value is -1.89. The van der Waals surface area contributed by atoms with E-state index in [1.165, 1.54) is 0 Å². The molecule has 0 bridgehead atoms. The number of hydrogen-bond acceptors (Lipinski definition) is 4. The predicted molar refractivity (Wildman–Crippen MR) is 50.0 cm³/mol. The Kier molecular flexibility index (Phi) is 3.05. The van der Waals surface area contributed by atoms with E-state index in [2.05, 4.69) is 0 Å². The van der Waals surface area contributed by atoms with Gasteiger partial charge in [0.15, 0.2) is 0 Å². The highest BCUT2D eigenvalue weighted by molar-refractivity contribution is 6.30. The summed E-state index contributed by atoms with van der Waals surface area (Å²) in [5.74, 6) is -1.19. The summed E-state index contributed by atoms with van der Waals surface area (Å²) in [6, 6.07) is 0. The van der Waals surface area contributed by atoms with E-state index in [4.69, 9.17) is 16.7 Å². The van der Waals surface area contributed by atoms with Crippen molar-refractivity contribution in [3.8, 4) is 0 Å². The maximum Gasteiger partial charge on any atom is 0.333 e. The third-order valence-electron chi connectivity index (χ3n) is 1.53. The summed E-state index contributed by atoms with van der Waals surface area (Å²) < 4.78 is 0.962. The zero-order valence-electron chi connectivity index (χ0n) is 7.21. The van der Waals surface area contributed by atoms with Gasteiger partial charge in [-0.3, -0.25) is 19.7 Å². The fourth-order valence-electron chi connectivity index (χ4n) is 0.957. The minimum Gasteiger partial charge on any atom is -0.480 e. The lowest BCUT2D eigenvalue weighted by molar-refractivity contribution is -0.386. The first-order chi connectivity index (χ1) is 6.91. The van der Waals surface area contributed by atoms with Crippen LogP contribution < -0.4 is 5.43 Å². The van der Waals surface area contributed by atoms with E-state index in [9.17, 15) is 19.7 Å². The maximum atomic E-state index is 11.1. The first kappa shape index (κ1) is 11.2. The standard InChI is InChI=1S/C7H5ClN2O5/c8-4-1-9(3-6(11)12)2-5(7(4)13)10(14)15/h1-2H,3H2,(H,11,12). The lowest BCUT2D eigenvalue weighted by Gasteiger charge is -2.02. The van der Waals surface area contributed by atoms with Gasteiger partial charge in [-0.2, -0.15) is 0 Å². The lowest BCUT2D eigenvalue weighted by Crippen LogP contribution is -2.15. The third-order valence-corrected chi connectivity index (χ3v) is 1.80. The minimum absolute atomic E-state index is 0.384. The van der Waals surface area contributed by atoms with Gasteiger partial charge in [-0.15, -0.1) is 0 Å². The van der Waals surface area contributed by atoms with E-state index in [1.54, 1.807) is 0 Å². The van der Waals surface area contributed by atoms with Crippen LogP contribution in [0.15, 0.2) is 17.2 Å². The van der Waals surface area contributed by atoms with E-state index in [1.807, 2.05) is 0 Å². The SMILES string of the molecule is O=C(O)Cn1cc(Cl)c(=O)c([N+](=O)[O-])c1. The number of rotatable bonds is 3. The van der Waals surface area contributed by atoms with Crippen LogP contribution in [0.25, 0.3) is 0 Å². The lowest BCUT2D eigenvalue weighted by atomic mass is 10.4. The van der Waals surface area contributed by atoms with E-state index in [0.29, 0.717) is 0 Å². The summed E-state index contributed by atoms with van der Waals surface area (Å²) in [5, 5.41) is 18.5. The van der Waals surface area contributed by atoms with Crippen LogP contribution >= 0.6 is 11.6 Å². The van der Waals surface area contributed by atoms with Gasteiger partial charge in [-0.25, -0.2) is 0 Å². The van der Waals surface area contributed by atoms with Gasteiger partial charge < -0.3 is 9.67 Å². The Bertz CT molecular complexity index is 481. The van der Waals surface area contributed by atoms with Crippen molar-refractivity contribution in [2.75, 3.05) is 0 Å². The molecule has 1 N–H and O–H groups in total. The minimum atomic E-state index is -1.19. The first-order valence-corrected chi connectivity index (χ1v) is 4.05. The molecular formula is C7H5ClN2O5. The Morgan fingerprint density at radius 1 is 1.60 bits per heavy atom. The number of nitrogens with zero attached hydrogens (tertiary/aromatic N) is 2. The molecule has 0 aliphatic heterocycles. The fourth-order valence-corrected chi connectivity index (χ4v) is 1.18. The van der Waals surface area contributed by atoms with E-state index >= 15 is 0 Å². The molecule has 1 rings (SSSR count). The molecule has 0 amide bonds. The van der Waals surface area contributed by atoms with Crippen molar-refractivity contribution in [2.45, 2.75) is 6.54 Å². The van der Waals surface area contributed by atoms with Gasteiger partial charge in [-0.05, 0) is 0 Å². The van der Waals surface area contributed by atoms with Crippen LogP contribution in [-0.4, -0.2) is 20.6 Å². The van der Waals surface area contributed by atoms with Gasteiger partial charge in [0.25, 0.3) is 5.43 Å². The summed E-state index contributed by atoms with van der Waals surface area (Å²) >= 11 is 5.42. The number of hydrogen-bond donors (Lipinski definition) is 1. The van der Waals surface area contributed by atoms with E-state index < -0.39 is 28.6 Å². The van der Waals surface area contributed by atoms with Crippen LogP contribution in [0.1, 0.15) is 0 Å². The Morgan fingerprint density at radius 2 is 2.20 bits per heavy atom. The van der Waals surface area contributed by atoms with Crippen LogP contribution in [0.2, 0.25) is 5.02 Å². The molecule has 15 heavy (non-hydrogen) atoms. The zero-order valence-corrected chi connectivity index (χ0v) is 7.97. The molecule has 0 unspecified atom stereocenters. The number of halogens is 1. The highest BCUT2D eigenvalue weighted by atomic mass is 35.5. The van der Waals surface area contributed by atoms with Crippen LogP contribution in [0.5, 0.6) is 0 Å². The molecule has 1 heterocycles. The van der Waals surface area contributed by atoms with Crippen molar-refractivity contribution in [1.82, 2.24) is 4.57 Å².